The summed E-state index contributed by atoms with van der Waals surface area (Å²) in [5, 5.41) is 18.4. The number of benzene rings is 2. The van der Waals surface area contributed by atoms with E-state index in [2.05, 4.69) is 22.0 Å². The van der Waals surface area contributed by atoms with Gasteiger partial charge in [0.15, 0.2) is 0 Å². The predicted octanol–water partition coefficient (Wildman–Crippen LogP) is 4.52. The number of carbonyl (C=O) groups excluding carboxylic acids is 3. The molecule has 35 heavy (non-hydrogen) atoms. The average molecular weight is 504 g/mol. The Labute approximate surface area is 211 Å². The molecule has 0 saturated heterocycles. The molecule has 3 rings (SSSR count). The molecule has 1 aliphatic heterocycles. The molecule has 0 saturated carbocycles. The Morgan fingerprint density at radius 1 is 1.06 bits per heavy atom. The molecule has 2 aromatic carbocycles. The third kappa shape index (κ3) is 10.7. The minimum absolute atomic E-state index is 0.0146. The number of anilines is 2. The van der Waals surface area contributed by atoms with Gasteiger partial charge in [0, 0.05) is 24.1 Å². The van der Waals surface area contributed by atoms with E-state index >= 15 is 0 Å². The zero-order chi connectivity index (χ0) is 26.4. The zero-order valence-corrected chi connectivity index (χ0v) is 21.4. The van der Waals surface area contributed by atoms with E-state index in [0.717, 1.165) is 47.9 Å². The Morgan fingerprint density at radius 2 is 1.63 bits per heavy atom. The van der Waals surface area contributed by atoms with Gasteiger partial charge in [-0.1, -0.05) is 57.5 Å². The summed E-state index contributed by atoms with van der Waals surface area (Å²) in [7, 11) is 0. The normalized spacial score (nSPS) is 12.3. The van der Waals surface area contributed by atoms with Crippen molar-refractivity contribution in [2.75, 3.05) is 23.7 Å². The van der Waals surface area contributed by atoms with Gasteiger partial charge in [0.1, 0.15) is 0 Å². The minimum Gasteiger partial charge on any atom is -0.481 e. The molecule has 1 aliphatic rings. The van der Waals surface area contributed by atoms with Crippen LogP contribution in [-0.2, 0) is 38.6 Å². The number of fused-ring (bicyclic) bond motifs is 1. The lowest BCUT2D eigenvalue weighted by molar-refractivity contribution is -0.191. The predicted molar refractivity (Wildman–Crippen MR) is 137 cm³/mol. The van der Waals surface area contributed by atoms with Crippen LogP contribution in [0.4, 0.5) is 11.4 Å². The number of nitrogens with one attached hydrogen (secondary N) is 3. The van der Waals surface area contributed by atoms with Crippen LogP contribution in [-0.4, -0.2) is 36.2 Å². The monoisotopic (exact) mass is 503 g/mol. The van der Waals surface area contributed by atoms with E-state index in [1.807, 2.05) is 51.1 Å². The Balaban J connectivity index is 0.000000669. The fraction of sp³-hybridized carbons (Fsp3) is 0.423. The van der Waals surface area contributed by atoms with Crippen molar-refractivity contribution >= 4 is 41.0 Å². The van der Waals surface area contributed by atoms with Crippen LogP contribution < -0.4 is 16.0 Å². The standard InChI is InChI=1S/C22H28ClN3O.C3H6O2.CO2/c1-22(2,3)21(27)26-17-7-4-15(5-8-17)14-25-20-18-11-13-24-12-10-16(18)6-9-19(20)23;1-2-3(4)5;2-1-3/h4-9,24-25H,10-14H2,1-3H3,(H,26,27);2H2,1H3,(H,4,5);. The fourth-order valence-electron chi connectivity index (χ4n) is 3.15. The first kappa shape index (κ1) is 29.8. The van der Waals surface area contributed by atoms with Crippen LogP contribution in [0, 0.1) is 5.41 Å². The number of hydrogen-bond acceptors (Lipinski definition) is 6. The quantitative estimate of drug-likeness (QED) is 0.472. The second kappa shape index (κ2) is 14.9. The third-order valence-electron chi connectivity index (χ3n) is 5.15. The van der Waals surface area contributed by atoms with Crippen LogP contribution in [0.2, 0.25) is 5.02 Å². The molecule has 8 nitrogen and oxygen atoms in total. The van der Waals surface area contributed by atoms with Gasteiger partial charge in [-0.25, -0.2) is 0 Å². The topological polar surface area (TPSA) is 125 Å². The Kier molecular flexibility index (Phi) is 12.7. The van der Waals surface area contributed by atoms with Gasteiger partial charge in [0.05, 0.1) is 10.7 Å². The van der Waals surface area contributed by atoms with E-state index in [1.54, 1.807) is 6.92 Å². The Bertz CT molecular complexity index is 1010. The van der Waals surface area contributed by atoms with E-state index < -0.39 is 11.4 Å². The third-order valence-corrected chi connectivity index (χ3v) is 5.46. The first-order valence-corrected chi connectivity index (χ1v) is 11.8. The van der Waals surface area contributed by atoms with Gasteiger partial charge in [-0.15, -0.1) is 0 Å². The first-order valence-electron chi connectivity index (χ1n) is 11.4. The highest BCUT2D eigenvalue weighted by atomic mass is 35.5. The highest BCUT2D eigenvalue weighted by Gasteiger charge is 2.21. The van der Waals surface area contributed by atoms with Crippen molar-refractivity contribution in [2.45, 2.75) is 53.5 Å². The van der Waals surface area contributed by atoms with Crippen molar-refractivity contribution in [3.63, 3.8) is 0 Å². The van der Waals surface area contributed by atoms with Gasteiger partial charge in [-0.2, -0.15) is 9.59 Å². The van der Waals surface area contributed by atoms with Crippen molar-refractivity contribution in [1.82, 2.24) is 5.32 Å². The molecule has 0 spiro atoms. The molecule has 2 aromatic rings. The number of halogens is 1. The molecule has 1 amide bonds. The lowest BCUT2D eigenvalue weighted by atomic mass is 9.95. The molecule has 190 valence electrons. The van der Waals surface area contributed by atoms with Gasteiger partial charge in [-0.3, -0.25) is 9.59 Å². The molecular formula is C26H34ClN3O5. The summed E-state index contributed by atoms with van der Waals surface area (Å²) in [5.41, 5.74) is 5.29. The maximum atomic E-state index is 12.1. The molecule has 1 heterocycles. The van der Waals surface area contributed by atoms with Crippen LogP contribution >= 0.6 is 11.6 Å². The molecule has 0 aromatic heterocycles. The average Bonchev–Trinajstić information content (AvgIpc) is 3.05. The molecule has 0 bridgehead atoms. The first-order chi connectivity index (χ1) is 16.5. The summed E-state index contributed by atoms with van der Waals surface area (Å²) < 4.78 is 0. The zero-order valence-electron chi connectivity index (χ0n) is 20.7. The highest BCUT2D eigenvalue weighted by molar-refractivity contribution is 6.33. The van der Waals surface area contributed by atoms with Gasteiger partial charge in [0.25, 0.3) is 0 Å². The van der Waals surface area contributed by atoms with Crippen molar-refractivity contribution in [3.05, 3.63) is 58.1 Å². The fourth-order valence-corrected chi connectivity index (χ4v) is 3.39. The summed E-state index contributed by atoms with van der Waals surface area (Å²) in [6, 6.07) is 12.1. The van der Waals surface area contributed by atoms with Gasteiger partial charge in [-0.05, 0) is 60.8 Å². The Hall–Kier alpha value is -3.19. The lowest BCUT2D eigenvalue weighted by Gasteiger charge is -2.18. The van der Waals surface area contributed by atoms with Crippen LogP contribution in [0.25, 0.3) is 0 Å². The van der Waals surface area contributed by atoms with Crippen LogP contribution in [0.5, 0.6) is 0 Å². The number of rotatable bonds is 5. The Morgan fingerprint density at radius 3 is 2.17 bits per heavy atom. The smallest absolute Gasteiger partial charge is 0.373 e. The van der Waals surface area contributed by atoms with E-state index in [4.69, 9.17) is 26.3 Å². The lowest BCUT2D eigenvalue weighted by Crippen LogP contribution is -2.27. The minimum atomic E-state index is -0.745. The molecule has 4 N–H and O–H groups in total. The van der Waals surface area contributed by atoms with Gasteiger partial charge < -0.3 is 21.1 Å². The summed E-state index contributed by atoms with van der Waals surface area (Å²) >= 11 is 6.48. The summed E-state index contributed by atoms with van der Waals surface area (Å²) in [4.78, 5) is 37.7. The van der Waals surface area contributed by atoms with Crippen molar-refractivity contribution in [3.8, 4) is 0 Å². The second-order valence-electron chi connectivity index (χ2n) is 8.90. The molecular weight excluding hydrogens is 470 g/mol. The summed E-state index contributed by atoms with van der Waals surface area (Å²) in [5.74, 6) is -0.731. The maximum absolute atomic E-state index is 12.1. The largest absolute Gasteiger partial charge is 0.481 e. The summed E-state index contributed by atoms with van der Waals surface area (Å²) in [6.45, 7) is 9.99. The van der Waals surface area contributed by atoms with E-state index in [9.17, 15) is 9.59 Å². The maximum Gasteiger partial charge on any atom is 0.373 e. The molecule has 0 atom stereocenters. The number of carboxylic acid groups (broad SMARTS) is 1. The van der Waals surface area contributed by atoms with Crippen LogP contribution in [0.15, 0.2) is 36.4 Å². The second-order valence-corrected chi connectivity index (χ2v) is 9.30. The van der Waals surface area contributed by atoms with Crippen molar-refractivity contribution < 1.29 is 24.3 Å². The molecule has 0 unspecified atom stereocenters. The van der Waals surface area contributed by atoms with Crippen molar-refractivity contribution in [2.24, 2.45) is 5.41 Å². The SMILES string of the molecule is CC(C)(C)C(=O)Nc1ccc(CNc2c(Cl)ccc3c2CCNCC3)cc1.CCC(=O)O.O=C=O. The highest BCUT2D eigenvalue weighted by Crippen LogP contribution is 2.31. The number of amides is 1. The summed E-state index contributed by atoms with van der Waals surface area (Å²) in [6.07, 6.45) is 2.49. The molecule has 0 aliphatic carbocycles. The van der Waals surface area contributed by atoms with Gasteiger partial charge >= 0.3 is 12.1 Å². The number of carbonyl (C=O) groups is 2. The molecule has 9 heteroatoms. The van der Waals surface area contributed by atoms with E-state index in [0.29, 0.717) is 6.54 Å². The van der Waals surface area contributed by atoms with E-state index in [1.165, 1.54) is 11.1 Å². The van der Waals surface area contributed by atoms with Gasteiger partial charge in [0.2, 0.25) is 5.91 Å². The molecule has 0 radical (unpaired) electrons. The van der Waals surface area contributed by atoms with E-state index in [-0.39, 0.29) is 18.5 Å². The number of hydrogen-bond donors (Lipinski definition) is 4. The van der Waals surface area contributed by atoms with Crippen LogP contribution in [0.1, 0.15) is 50.8 Å². The number of carboxylic acids is 1. The van der Waals surface area contributed by atoms with Crippen molar-refractivity contribution in [1.29, 1.82) is 0 Å². The molecule has 0 fully saturated rings. The van der Waals surface area contributed by atoms with Crippen LogP contribution in [0.3, 0.4) is 0 Å². The number of aliphatic carboxylic acids is 1.